The van der Waals surface area contributed by atoms with E-state index < -0.39 is 6.04 Å². The fourth-order valence-corrected chi connectivity index (χ4v) is 5.13. The Morgan fingerprint density at radius 2 is 1.87 bits per heavy atom. The number of benzene rings is 2. The van der Waals surface area contributed by atoms with Crippen LogP contribution >= 0.6 is 0 Å². The number of hydrogen-bond donors (Lipinski definition) is 4. The fraction of sp³-hybridized carbons (Fsp3) is 0.355. The number of nitrogens with one attached hydrogen (secondary N) is 4. The van der Waals surface area contributed by atoms with Gasteiger partial charge >= 0.3 is 0 Å². The molecule has 1 aromatic heterocycles. The topological polar surface area (TPSA) is 87.3 Å². The van der Waals surface area contributed by atoms with Gasteiger partial charge in [-0.05, 0) is 92.0 Å². The Bertz CT molecular complexity index is 1250. The van der Waals surface area contributed by atoms with Crippen molar-refractivity contribution >= 4 is 35.4 Å². The number of rotatable bonds is 11. The van der Waals surface area contributed by atoms with Crippen molar-refractivity contribution in [3.8, 4) is 5.75 Å². The van der Waals surface area contributed by atoms with Gasteiger partial charge in [-0.2, -0.15) is 0 Å². The number of fused-ring (bicyclic) bond motifs is 1. The summed E-state index contributed by atoms with van der Waals surface area (Å²) in [5.74, 6) is 2.71. The Balaban J connectivity index is 1.41. The van der Waals surface area contributed by atoms with Crippen molar-refractivity contribution in [2.75, 3.05) is 30.3 Å². The van der Waals surface area contributed by atoms with Gasteiger partial charge in [-0.25, -0.2) is 4.98 Å². The summed E-state index contributed by atoms with van der Waals surface area (Å²) in [7, 11) is 0. The number of carbonyl (C=O) groups excluding carboxylic acids is 1. The quantitative estimate of drug-likeness (QED) is 0.175. The Morgan fingerprint density at radius 3 is 2.66 bits per heavy atom. The highest BCUT2D eigenvalue weighted by atomic mass is 16.5. The lowest BCUT2D eigenvalue weighted by molar-refractivity contribution is -0.109. The zero-order valence-corrected chi connectivity index (χ0v) is 22.0. The summed E-state index contributed by atoms with van der Waals surface area (Å²) in [4.78, 5) is 16.9. The van der Waals surface area contributed by atoms with E-state index in [1.54, 1.807) is 0 Å². The van der Waals surface area contributed by atoms with Crippen LogP contribution in [0.2, 0.25) is 0 Å². The van der Waals surface area contributed by atoms with Crippen LogP contribution in [0.25, 0.3) is 6.08 Å². The normalized spacial score (nSPS) is 16.8. The third-order valence-corrected chi connectivity index (χ3v) is 7.22. The Hall–Kier alpha value is -3.84. The van der Waals surface area contributed by atoms with Crippen LogP contribution in [0.5, 0.6) is 5.75 Å². The first-order valence-electron chi connectivity index (χ1n) is 13.7. The predicted octanol–water partition coefficient (Wildman–Crippen LogP) is 6.42. The van der Waals surface area contributed by atoms with Crippen LogP contribution in [0, 0.1) is 0 Å². The number of anilines is 4. The fourth-order valence-electron chi connectivity index (χ4n) is 5.13. The van der Waals surface area contributed by atoms with Crippen LogP contribution in [0.1, 0.15) is 67.7 Å². The van der Waals surface area contributed by atoms with E-state index in [1.165, 1.54) is 18.4 Å². The van der Waals surface area contributed by atoms with Crippen molar-refractivity contribution in [3.63, 3.8) is 0 Å². The predicted molar refractivity (Wildman–Crippen MR) is 155 cm³/mol. The molecule has 0 spiro atoms. The Morgan fingerprint density at radius 1 is 1.05 bits per heavy atom. The largest absolute Gasteiger partial charge is 0.491 e. The van der Waals surface area contributed by atoms with Gasteiger partial charge in [-0.15, -0.1) is 0 Å². The number of para-hydroxylation sites is 2. The molecule has 0 amide bonds. The first-order chi connectivity index (χ1) is 18.7. The zero-order chi connectivity index (χ0) is 26.2. The SMILES string of the molecule is CCCCCOc1ccccc1Nc1nc(Nc2ccc(C3CCNCC3)cc2)cc2c1C(C=O)NC=C2. The molecule has 2 aliphatic heterocycles. The van der Waals surface area contributed by atoms with Crippen molar-refractivity contribution < 1.29 is 9.53 Å². The molecule has 1 saturated heterocycles. The Kier molecular flexibility index (Phi) is 8.56. The molecule has 1 unspecified atom stereocenters. The van der Waals surface area contributed by atoms with Crippen LogP contribution in [-0.4, -0.2) is 31.0 Å². The molecule has 7 nitrogen and oxygen atoms in total. The summed E-state index contributed by atoms with van der Waals surface area (Å²) in [6, 6.07) is 18.0. The number of pyridine rings is 1. The molecule has 3 aromatic rings. The number of unbranched alkanes of at least 4 members (excludes halogenated alkanes) is 2. The highest BCUT2D eigenvalue weighted by Gasteiger charge is 2.23. The van der Waals surface area contributed by atoms with Gasteiger partial charge in [-0.1, -0.05) is 44.0 Å². The third-order valence-electron chi connectivity index (χ3n) is 7.22. The van der Waals surface area contributed by atoms with E-state index in [-0.39, 0.29) is 0 Å². The van der Waals surface area contributed by atoms with E-state index in [9.17, 15) is 4.79 Å². The minimum absolute atomic E-state index is 0.485. The molecule has 38 heavy (non-hydrogen) atoms. The zero-order valence-electron chi connectivity index (χ0n) is 22.0. The minimum atomic E-state index is -0.485. The molecule has 5 rings (SSSR count). The lowest BCUT2D eigenvalue weighted by Crippen LogP contribution is -2.26. The standard InChI is InChI=1S/C31H37N5O2/c1-2-3-6-19-38-28-8-5-4-7-26(28)35-31-30-24(15-18-33-27(30)21-37)20-29(36-31)34-25-11-9-22(10-12-25)23-13-16-32-17-14-23/h4-5,7-12,15,18,20-21,23,27,32-33H,2-3,6,13-14,16-17,19H2,1H3,(H2,34,35,36). The highest BCUT2D eigenvalue weighted by Crippen LogP contribution is 2.36. The molecule has 198 valence electrons. The molecule has 2 aromatic carbocycles. The highest BCUT2D eigenvalue weighted by molar-refractivity contribution is 5.80. The van der Waals surface area contributed by atoms with Gasteiger partial charge in [0.25, 0.3) is 0 Å². The maximum atomic E-state index is 11.9. The maximum absolute atomic E-state index is 11.9. The summed E-state index contributed by atoms with van der Waals surface area (Å²) in [5, 5.41) is 13.5. The summed E-state index contributed by atoms with van der Waals surface area (Å²) in [5.41, 5.74) is 4.94. The first-order valence-corrected chi connectivity index (χ1v) is 13.7. The van der Waals surface area contributed by atoms with E-state index in [0.717, 1.165) is 66.9 Å². The molecule has 7 heteroatoms. The molecule has 0 radical (unpaired) electrons. The van der Waals surface area contributed by atoms with E-state index >= 15 is 0 Å². The van der Waals surface area contributed by atoms with Crippen molar-refractivity contribution in [1.82, 2.24) is 15.6 Å². The summed E-state index contributed by atoms with van der Waals surface area (Å²) < 4.78 is 6.09. The van der Waals surface area contributed by atoms with Crippen molar-refractivity contribution in [2.45, 2.75) is 51.0 Å². The van der Waals surface area contributed by atoms with Crippen LogP contribution < -0.4 is 26.0 Å². The molecule has 1 atom stereocenters. The second kappa shape index (κ2) is 12.6. The Labute approximate surface area is 225 Å². The van der Waals surface area contributed by atoms with Gasteiger partial charge in [0.2, 0.25) is 0 Å². The lowest BCUT2D eigenvalue weighted by atomic mass is 9.90. The van der Waals surface area contributed by atoms with Gasteiger partial charge in [0, 0.05) is 11.3 Å². The summed E-state index contributed by atoms with van der Waals surface area (Å²) >= 11 is 0. The number of ether oxygens (including phenoxy) is 1. The molecule has 1 fully saturated rings. The molecule has 4 N–H and O–H groups in total. The molecular formula is C31H37N5O2. The summed E-state index contributed by atoms with van der Waals surface area (Å²) in [6.45, 7) is 5.00. The number of aromatic nitrogens is 1. The third kappa shape index (κ3) is 6.17. The lowest BCUT2D eigenvalue weighted by Gasteiger charge is -2.24. The van der Waals surface area contributed by atoms with Crippen molar-refractivity contribution in [3.05, 3.63) is 77.5 Å². The molecule has 0 saturated carbocycles. The second-order valence-corrected chi connectivity index (χ2v) is 9.92. The second-order valence-electron chi connectivity index (χ2n) is 9.92. The van der Waals surface area contributed by atoms with Gasteiger partial charge in [-0.3, -0.25) is 0 Å². The van der Waals surface area contributed by atoms with Crippen LogP contribution in [0.15, 0.2) is 60.8 Å². The van der Waals surface area contributed by atoms with E-state index in [4.69, 9.17) is 9.72 Å². The van der Waals surface area contributed by atoms with Crippen molar-refractivity contribution in [2.24, 2.45) is 0 Å². The number of carbonyl (C=O) groups is 1. The van der Waals surface area contributed by atoms with Gasteiger partial charge in [0.05, 0.1) is 12.3 Å². The maximum Gasteiger partial charge on any atom is 0.146 e. The smallest absolute Gasteiger partial charge is 0.146 e. The van der Waals surface area contributed by atoms with E-state index in [2.05, 4.69) is 52.5 Å². The molecule has 0 bridgehead atoms. The monoisotopic (exact) mass is 511 g/mol. The summed E-state index contributed by atoms with van der Waals surface area (Å²) in [6.07, 6.45) is 10.3. The van der Waals surface area contributed by atoms with E-state index in [1.807, 2.05) is 42.6 Å². The number of piperidine rings is 1. The van der Waals surface area contributed by atoms with E-state index in [0.29, 0.717) is 24.2 Å². The van der Waals surface area contributed by atoms with Gasteiger partial charge < -0.3 is 30.8 Å². The van der Waals surface area contributed by atoms with Gasteiger partial charge in [0.1, 0.15) is 29.7 Å². The molecule has 0 aliphatic carbocycles. The van der Waals surface area contributed by atoms with Gasteiger partial charge in [0.15, 0.2) is 0 Å². The molecule has 3 heterocycles. The number of hydrogen-bond acceptors (Lipinski definition) is 7. The number of nitrogens with zero attached hydrogens (tertiary/aromatic N) is 1. The number of aldehydes is 1. The van der Waals surface area contributed by atoms with Crippen molar-refractivity contribution in [1.29, 1.82) is 0 Å². The first kappa shape index (κ1) is 25.8. The minimum Gasteiger partial charge on any atom is -0.491 e. The van der Waals surface area contributed by atoms with Crippen LogP contribution in [0.3, 0.4) is 0 Å². The average Bonchev–Trinajstić information content (AvgIpc) is 2.96. The average molecular weight is 512 g/mol. The van der Waals surface area contributed by atoms with Crippen LogP contribution in [0.4, 0.5) is 23.0 Å². The molecular weight excluding hydrogens is 474 g/mol. The van der Waals surface area contributed by atoms with Crippen LogP contribution in [-0.2, 0) is 4.79 Å². The molecule has 2 aliphatic rings.